The highest BCUT2D eigenvalue weighted by molar-refractivity contribution is 4.98. The van der Waals surface area contributed by atoms with E-state index >= 15 is 0 Å². The molecule has 52 valence electrons. The lowest BCUT2D eigenvalue weighted by molar-refractivity contribution is 0.229. The zero-order valence-corrected chi connectivity index (χ0v) is 5.97. The predicted molar refractivity (Wildman–Crippen MR) is 37.0 cm³/mol. The highest BCUT2D eigenvalue weighted by atomic mass is 19.1. The van der Waals surface area contributed by atoms with Crippen LogP contribution in [0.2, 0.25) is 0 Å². The number of hydrogen-bond donors (Lipinski definition) is 0. The Balaban J connectivity index is 2.54. The summed E-state index contributed by atoms with van der Waals surface area (Å²) in [5, 5.41) is 0. The Labute approximate surface area is 55.8 Å². The summed E-state index contributed by atoms with van der Waals surface area (Å²) in [6.45, 7) is 3.97. The molecule has 0 bridgehead atoms. The van der Waals surface area contributed by atoms with Crippen molar-refractivity contribution in [3.8, 4) is 0 Å². The maximum atomic E-state index is 12.8. The summed E-state index contributed by atoms with van der Waals surface area (Å²) in [6, 6.07) is 0. The standard InChI is InChI=1S/C8H13F/c1-6-3-4-7(2)8(9)5-6/h3-4,6-8H,5H2,1-2H3. The van der Waals surface area contributed by atoms with Gasteiger partial charge in [0.1, 0.15) is 6.17 Å². The molecular formula is C8H13F. The van der Waals surface area contributed by atoms with Gasteiger partial charge in [-0.3, -0.25) is 0 Å². The van der Waals surface area contributed by atoms with E-state index in [1.807, 2.05) is 13.0 Å². The molecule has 0 aromatic carbocycles. The first-order valence-electron chi connectivity index (χ1n) is 3.52. The van der Waals surface area contributed by atoms with Crippen LogP contribution in [-0.2, 0) is 0 Å². The van der Waals surface area contributed by atoms with E-state index in [4.69, 9.17) is 0 Å². The highest BCUT2D eigenvalue weighted by Gasteiger charge is 2.19. The van der Waals surface area contributed by atoms with E-state index in [-0.39, 0.29) is 5.92 Å². The van der Waals surface area contributed by atoms with Gasteiger partial charge in [0.2, 0.25) is 0 Å². The highest BCUT2D eigenvalue weighted by Crippen LogP contribution is 2.24. The zero-order valence-electron chi connectivity index (χ0n) is 5.97. The Kier molecular flexibility index (Phi) is 1.89. The fraction of sp³-hybridized carbons (Fsp3) is 0.750. The van der Waals surface area contributed by atoms with E-state index in [1.54, 1.807) is 0 Å². The summed E-state index contributed by atoms with van der Waals surface area (Å²) in [5.41, 5.74) is 0. The van der Waals surface area contributed by atoms with Crippen LogP contribution >= 0.6 is 0 Å². The summed E-state index contributed by atoms with van der Waals surface area (Å²) in [5.74, 6) is 0.581. The molecule has 0 saturated heterocycles. The molecule has 0 radical (unpaired) electrons. The van der Waals surface area contributed by atoms with E-state index in [9.17, 15) is 4.39 Å². The monoisotopic (exact) mass is 128 g/mol. The molecule has 1 rings (SSSR count). The molecule has 0 aromatic heterocycles. The molecule has 9 heavy (non-hydrogen) atoms. The van der Waals surface area contributed by atoms with Crippen molar-refractivity contribution in [3.63, 3.8) is 0 Å². The summed E-state index contributed by atoms with van der Waals surface area (Å²) in [6.07, 6.45) is 4.17. The Hall–Kier alpha value is -0.330. The lowest BCUT2D eigenvalue weighted by atomic mass is 9.89. The van der Waals surface area contributed by atoms with Gasteiger partial charge in [0.15, 0.2) is 0 Å². The van der Waals surface area contributed by atoms with Gasteiger partial charge >= 0.3 is 0 Å². The Morgan fingerprint density at radius 2 is 2.00 bits per heavy atom. The van der Waals surface area contributed by atoms with Gasteiger partial charge in [0.25, 0.3) is 0 Å². The maximum Gasteiger partial charge on any atom is 0.107 e. The van der Waals surface area contributed by atoms with Crippen molar-refractivity contribution in [1.82, 2.24) is 0 Å². The van der Waals surface area contributed by atoms with Crippen LogP contribution < -0.4 is 0 Å². The molecule has 1 aliphatic rings. The summed E-state index contributed by atoms with van der Waals surface area (Å²) in [7, 11) is 0. The molecule has 0 amide bonds. The molecule has 0 aromatic rings. The topological polar surface area (TPSA) is 0 Å². The second kappa shape index (κ2) is 2.51. The number of halogens is 1. The molecule has 0 nitrogen and oxygen atoms in total. The first kappa shape index (κ1) is 6.79. The summed E-state index contributed by atoms with van der Waals surface area (Å²) < 4.78 is 12.8. The van der Waals surface area contributed by atoms with Crippen molar-refractivity contribution in [1.29, 1.82) is 0 Å². The van der Waals surface area contributed by atoms with Crippen LogP contribution in [0.15, 0.2) is 12.2 Å². The molecule has 1 aliphatic carbocycles. The normalized spacial score (nSPS) is 43.2. The third kappa shape index (κ3) is 1.54. The number of hydrogen-bond acceptors (Lipinski definition) is 0. The van der Waals surface area contributed by atoms with Crippen molar-refractivity contribution < 1.29 is 4.39 Å². The first-order chi connectivity index (χ1) is 4.20. The minimum Gasteiger partial charge on any atom is -0.247 e. The molecule has 0 N–H and O–H groups in total. The second-order valence-corrected chi connectivity index (χ2v) is 2.97. The largest absolute Gasteiger partial charge is 0.247 e. The van der Waals surface area contributed by atoms with Gasteiger partial charge in [-0.15, -0.1) is 0 Å². The SMILES string of the molecule is CC1C=CC(C)C(F)C1. The van der Waals surface area contributed by atoms with Crippen LogP contribution in [0.5, 0.6) is 0 Å². The van der Waals surface area contributed by atoms with Crippen LogP contribution in [0.1, 0.15) is 20.3 Å². The van der Waals surface area contributed by atoms with E-state index in [1.165, 1.54) is 0 Å². The molecule has 0 aliphatic heterocycles. The molecule has 1 heteroatoms. The number of allylic oxidation sites excluding steroid dienone is 2. The van der Waals surface area contributed by atoms with E-state index < -0.39 is 6.17 Å². The second-order valence-electron chi connectivity index (χ2n) is 2.97. The van der Waals surface area contributed by atoms with Crippen LogP contribution in [0.25, 0.3) is 0 Å². The lowest BCUT2D eigenvalue weighted by Gasteiger charge is -2.20. The van der Waals surface area contributed by atoms with Crippen LogP contribution in [0, 0.1) is 11.8 Å². The number of rotatable bonds is 0. The van der Waals surface area contributed by atoms with Gasteiger partial charge in [0.05, 0.1) is 0 Å². The van der Waals surface area contributed by atoms with Crippen molar-refractivity contribution in [2.24, 2.45) is 11.8 Å². The van der Waals surface area contributed by atoms with E-state index in [0.717, 1.165) is 0 Å². The molecule has 0 heterocycles. The Bertz CT molecular complexity index is 118. The van der Waals surface area contributed by atoms with Crippen LogP contribution in [0.4, 0.5) is 4.39 Å². The molecule has 0 fully saturated rings. The van der Waals surface area contributed by atoms with Gasteiger partial charge in [0, 0.05) is 5.92 Å². The summed E-state index contributed by atoms with van der Waals surface area (Å²) in [4.78, 5) is 0. The Morgan fingerprint density at radius 1 is 1.33 bits per heavy atom. The van der Waals surface area contributed by atoms with Gasteiger partial charge in [-0.05, 0) is 12.3 Å². The maximum absolute atomic E-state index is 12.8. The quantitative estimate of drug-likeness (QED) is 0.440. The third-order valence-electron chi connectivity index (χ3n) is 1.91. The lowest BCUT2D eigenvalue weighted by Crippen LogP contribution is -2.17. The molecule has 0 spiro atoms. The first-order valence-corrected chi connectivity index (χ1v) is 3.52. The van der Waals surface area contributed by atoms with Crippen LogP contribution in [0.3, 0.4) is 0 Å². The minimum absolute atomic E-state index is 0.140. The predicted octanol–water partition coefficient (Wildman–Crippen LogP) is 2.56. The van der Waals surface area contributed by atoms with Crippen molar-refractivity contribution in [2.75, 3.05) is 0 Å². The molecule has 0 saturated carbocycles. The smallest absolute Gasteiger partial charge is 0.107 e. The fourth-order valence-corrected chi connectivity index (χ4v) is 1.13. The zero-order chi connectivity index (χ0) is 6.85. The van der Waals surface area contributed by atoms with E-state index in [0.29, 0.717) is 12.3 Å². The van der Waals surface area contributed by atoms with Crippen molar-refractivity contribution >= 4 is 0 Å². The van der Waals surface area contributed by atoms with Gasteiger partial charge in [-0.1, -0.05) is 26.0 Å². The Morgan fingerprint density at radius 3 is 2.44 bits per heavy atom. The minimum atomic E-state index is -0.606. The van der Waals surface area contributed by atoms with Gasteiger partial charge in [-0.2, -0.15) is 0 Å². The average Bonchev–Trinajstić information content (AvgIpc) is 1.80. The van der Waals surface area contributed by atoms with Crippen molar-refractivity contribution in [2.45, 2.75) is 26.4 Å². The molecule has 3 atom stereocenters. The summed E-state index contributed by atoms with van der Waals surface area (Å²) >= 11 is 0. The van der Waals surface area contributed by atoms with E-state index in [2.05, 4.69) is 13.0 Å². The van der Waals surface area contributed by atoms with Gasteiger partial charge in [-0.25, -0.2) is 4.39 Å². The molecule has 3 unspecified atom stereocenters. The third-order valence-corrected chi connectivity index (χ3v) is 1.91. The van der Waals surface area contributed by atoms with Gasteiger partial charge < -0.3 is 0 Å². The average molecular weight is 128 g/mol. The van der Waals surface area contributed by atoms with Crippen molar-refractivity contribution in [3.05, 3.63) is 12.2 Å². The fourth-order valence-electron chi connectivity index (χ4n) is 1.13. The molecular weight excluding hydrogens is 115 g/mol. The number of alkyl halides is 1. The van der Waals surface area contributed by atoms with Crippen LogP contribution in [-0.4, -0.2) is 6.17 Å².